The zero-order valence-electron chi connectivity index (χ0n) is 31.9. The van der Waals surface area contributed by atoms with E-state index in [2.05, 4.69) is 65.5 Å². The van der Waals surface area contributed by atoms with E-state index in [1.165, 1.54) is 7.11 Å². The maximum atomic E-state index is 13.9. The Kier molecular flexibility index (Phi) is 10.6. The predicted molar refractivity (Wildman–Crippen MR) is 203 cm³/mol. The predicted octanol–water partition coefficient (Wildman–Crippen LogP) is 6.49. The van der Waals surface area contributed by atoms with Gasteiger partial charge in [-0.3, -0.25) is 9.59 Å². The number of amides is 3. The van der Waals surface area contributed by atoms with E-state index < -0.39 is 24.0 Å². The van der Waals surface area contributed by atoms with Gasteiger partial charge in [-0.2, -0.15) is 0 Å². The number of carbonyl (C=O) groups excluding carboxylic acids is 3. The zero-order valence-corrected chi connectivity index (χ0v) is 31.9. The fourth-order valence-electron chi connectivity index (χ4n) is 7.74. The van der Waals surface area contributed by atoms with Crippen LogP contribution in [0.2, 0.25) is 0 Å². The van der Waals surface area contributed by atoms with Crippen LogP contribution >= 0.6 is 0 Å². The fourth-order valence-corrected chi connectivity index (χ4v) is 7.74. The molecule has 3 fully saturated rings. The Balaban J connectivity index is 1.04. The minimum Gasteiger partial charge on any atom is -0.453 e. The molecular formula is C41H51N7O6. The van der Waals surface area contributed by atoms with Gasteiger partial charge in [-0.1, -0.05) is 83.1 Å². The van der Waals surface area contributed by atoms with Crippen molar-refractivity contribution in [3.63, 3.8) is 0 Å². The van der Waals surface area contributed by atoms with E-state index in [0.29, 0.717) is 31.4 Å². The van der Waals surface area contributed by atoms with Gasteiger partial charge in [0.1, 0.15) is 17.7 Å². The fraction of sp³-hybridized carbons (Fsp3) is 0.488. The topological polar surface area (TPSA) is 155 Å². The van der Waals surface area contributed by atoms with Crippen molar-refractivity contribution in [2.24, 2.45) is 17.8 Å². The van der Waals surface area contributed by atoms with Crippen LogP contribution in [-0.2, 0) is 23.8 Å². The number of nitrogens with zero attached hydrogens (tertiary/aromatic N) is 4. The van der Waals surface area contributed by atoms with Crippen molar-refractivity contribution in [3.05, 3.63) is 72.6 Å². The van der Waals surface area contributed by atoms with Gasteiger partial charge in [0, 0.05) is 42.4 Å². The summed E-state index contributed by atoms with van der Waals surface area (Å²) in [7, 11) is 1.28. The second-order valence-corrected chi connectivity index (χ2v) is 15.4. The molecule has 0 bridgehead atoms. The Morgan fingerprint density at radius 1 is 0.778 bits per heavy atom. The van der Waals surface area contributed by atoms with Gasteiger partial charge in [0.05, 0.1) is 50.3 Å². The zero-order chi connectivity index (χ0) is 38.1. The summed E-state index contributed by atoms with van der Waals surface area (Å²) in [6, 6.07) is 15.3. The highest BCUT2D eigenvalue weighted by molar-refractivity contribution is 5.86. The van der Waals surface area contributed by atoms with Crippen LogP contribution in [0.3, 0.4) is 0 Å². The van der Waals surface area contributed by atoms with Gasteiger partial charge in [0.25, 0.3) is 0 Å². The van der Waals surface area contributed by atoms with Crippen molar-refractivity contribution in [2.45, 2.75) is 77.8 Å². The number of carbonyl (C=O) groups is 3. The first-order valence-electron chi connectivity index (χ1n) is 19.0. The second-order valence-electron chi connectivity index (χ2n) is 15.4. The van der Waals surface area contributed by atoms with E-state index in [-0.39, 0.29) is 36.2 Å². The van der Waals surface area contributed by atoms with Gasteiger partial charge < -0.3 is 39.3 Å². The molecule has 3 saturated heterocycles. The van der Waals surface area contributed by atoms with Crippen molar-refractivity contribution >= 4 is 17.9 Å². The van der Waals surface area contributed by atoms with Crippen LogP contribution in [0.1, 0.15) is 77.6 Å². The molecule has 3 amide bonds. The molecule has 3 aliphatic heterocycles. The third-order valence-electron chi connectivity index (χ3n) is 11.2. The molecule has 4 atom stereocenters. The Morgan fingerprint density at radius 3 is 1.83 bits per heavy atom. The molecule has 0 aliphatic carbocycles. The van der Waals surface area contributed by atoms with Crippen molar-refractivity contribution in [1.29, 1.82) is 0 Å². The lowest BCUT2D eigenvalue weighted by molar-refractivity contribution is -0.153. The van der Waals surface area contributed by atoms with Crippen molar-refractivity contribution in [3.8, 4) is 33.6 Å². The number of benzene rings is 2. The van der Waals surface area contributed by atoms with E-state index in [1.807, 2.05) is 50.2 Å². The number of likely N-dealkylation sites (tertiary alicyclic amines) is 2. The van der Waals surface area contributed by atoms with E-state index in [9.17, 15) is 14.4 Å². The normalized spacial score (nSPS) is 20.6. The van der Waals surface area contributed by atoms with Crippen LogP contribution in [0.15, 0.2) is 60.9 Å². The quantitative estimate of drug-likeness (QED) is 0.167. The van der Waals surface area contributed by atoms with Crippen LogP contribution in [-0.4, -0.2) is 92.9 Å². The van der Waals surface area contributed by atoms with E-state index in [4.69, 9.17) is 24.2 Å². The smallest absolute Gasteiger partial charge is 0.407 e. The number of ether oxygens (including phenoxy) is 3. The molecule has 3 aliphatic rings. The molecule has 2 aromatic heterocycles. The molecule has 13 nitrogen and oxygen atoms in total. The minimum absolute atomic E-state index is 0.0179. The van der Waals surface area contributed by atoms with Crippen LogP contribution < -0.4 is 5.32 Å². The van der Waals surface area contributed by atoms with Crippen LogP contribution in [0.5, 0.6) is 0 Å². The van der Waals surface area contributed by atoms with Gasteiger partial charge in [0.15, 0.2) is 5.79 Å². The standard InChI is InChI=1S/C41H51N7O6/c1-24(2)26(5)38(49)47-17-7-8-33(47)36-42-21-31(44-36)29-13-9-27(10-14-29)28-11-15-30(16-12-28)32-22-43-37(45-32)34-20-41(53-18-19-54-41)23-48(34)39(50)35(25(3)4)46-40(51)52-6/h9-16,21-22,24-26,33-35H,7-8,17-20,23H2,1-6H3,(H,42,44)(H,43,45)(H,46,51)/t26-,33-,34-,35-/m0/s1. The van der Waals surface area contributed by atoms with Crippen LogP contribution in [0.25, 0.3) is 33.6 Å². The molecular weight excluding hydrogens is 686 g/mol. The highest BCUT2D eigenvalue weighted by Crippen LogP contribution is 2.43. The number of alkyl carbamates (subject to hydrolysis) is 1. The van der Waals surface area contributed by atoms with Crippen molar-refractivity contribution < 1.29 is 28.6 Å². The van der Waals surface area contributed by atoms with E-state index in [0.717, 1.165) is 58.9 Å². The van der Waals surface area contributed by atoms with Crippen LogP contribution in [0, 0.1) is 17.8 Å². The Bertz CT molecular complexity index is 1950. The van der Waals surface area contributed by atoms with Gasteiger partial charge in [0.2, 0.25) is 11.8 Å². The lowest BCUT2D eigenvalue weighted by atomic mass is 9.96. The summed E-state index contributed by atoms with van der Waals surface area (Å²) in [4.78, 5) is 59.4. The van der Waals surface area contributed by atoms with Crippen molar-refractivity contribution in [1.82, 2.24) is 35.1 Å². The minimum atomic E-state index is -0.916. The lowest BCUT2D eigenvalue weighted by Crippen LogP contribution is -2.52. The monoisotopic (exact) mass is 737 g/mol. The summed E-state index contributed by atoms with van der Waals surface area (Å²) in [5, 5.41) is 2.70. The summed E-state index contributed by atoms with van der Waals surface area (Å²) in [5.41, 5.74) is 5.67. The van der Waals surface area contributed by atoms with E-state index in [1.54, 1.807) is 4.90 Å². The first-order valence-corrected chi connectivity index (χ1v) is 19.0. The number of aromatic nitrogens is 4. The number of hydrogen-bond donors (Lipinski definition) is 3. The number of aromatic amines is 2. The Labute approximate surface area is 316 Å². The molecule has 0 radical (unpaired) electrons. The number of hydrogen-bond acceptors (Lipinski definition) is 8. The van der Waals surface area contributed by atoms with Gasteiger partial charge in [-0.15, -0.1) is 0 Å². The third kappa shape index (κ3) is 7.39. The van der Waals surface area contributed by atoms with Gasteiger partial charge in [-0.05, 0) is 35.8 Å². The highest BCUT2D eigenvalue weighted by Gasteiger charge is 2.52. The largest absolute Gasteiger partial charge is 0.453 e. The molecule has 2 aromatic carbocycles. The van der Waals surface area contributed by atoms with E-state index >= 15 is 0 Å². The number of methoxy groups -OCH3 is 1. The first-order chi connectivity index (χ1) is 26.0. The first kappa shape index (κ1) is 37.3. The van der Waals surface area contributed by atoms with Crippen molar-refractivity contribution in [2.75, 3.05) is 33.4 Å². The molecule has 13 heteroatoms. The number of H-pyrrole nitrogens is 2. The summed E-state index contributed by atoms with van der Waals surface area (Å²) < 4.78 is 16.8. The summed E-state index contributed by atoms with van der Waals surface area (Å²) in [5.74, 6) is 0.600. The van der Waals surface area contributed by atoms with Gasteiger partial charge >= 0.3 is 6.09 Å². The highest BCUT2D eigenvalue weighted by atomic mass is 16.7. The molecule has 0 unspecified atom stereocenters. The average molecular weight is 738 g/mol. The summed E-state index contributed by atoms with van der Waals surface area (Å²) in [6.07, 6.45) is 5.42. The molecule has 0 saturated carbocycles. The molecule has 3 N–H and O–H groups in total. The Morgan fingerprint density at radius 2 is 1.31 bits per heavy atom. The molecule has 4 aromatic rings. The third-order valence-corrected chi connectivity index (χ3v) is 11.2. The Hall–Kier alpha value is -5.01. The lowest BCUT2D eigenvalue weighted by Gasteiger charge is -2.30. The maximum Gasteiger partial charge on any atom is 0.407 e. The van der Waals surface area contributed by atoms with Gasteiger partial charge in [-0.25, -0.2) is 14.8 Å². The summed E-state index contributed by atoms with van der Waals surface area (Å²) in [6.45, 7) is 11.9. The number of nitrogens with one attached hydrogen (secondary N) is 3. The molecule has 5 heterocycles. The SMILES string of the molecule is COC(=O)N[C@H](C(=O)N1CC2(C[C@H]1c1nc(-c3ccc(-c4ccc(-c5c[nH]c([C@@H]6CCCN6C(=O)[C@@H](C)C(C)C)n5)cc4)cc3)c[nH]1)OCCO2)C(C)C. The molecule has 7 rings (SSSR count). The average Bonchev–Trinajstić information content (AvgIpc) is 4.03. The maximum absolute atomic E-state index is 13.9. The molecule has 1 spiro atoms. The number of imidazole rings is 2. The molecule has 286 valence electrons. The second kappa shape index (κ2) is 15.4. The van der Waals surface area contributed by atoms with Crippen LogP contribution in [0.4, 0.5) is 4.79 Å². The number of rotatable bonds is 10. The summed E-state index contributed by atoms with van der Waals surface area (Å²) >= 11 is 0. The molecule has 54 heavy (non-hydrogen) atoms.